The van der Waals surface area contributed by atoms with Crippen LogP contribution < -0.4 is 0 Å². The van der Waals surface area contributed by atoms with Crippen molar-refractivity contribution < 1.29 is 9.59 Å². The lowest BCUT2D eigenvalue weighted by Crippen LogP contribution is -2.54. The highest BCUT2D eigenvalue weighted by Gasteiger charge is 2.41. The Morgan fingerprint density at radius 3 is 2.37 bits per heavy atom. The van der Waals surface area contributed by atoms with E-state index in [9.17, 15) is 9.59 Å². The third-order valence-corrected chi connectivity index (χ3v) is 8.29. The van der Waals surface area contributed by atoms with Crippen molar-refractivity contribution in [3.05, 3.63) is 71.9 Å². The van der Waals surface area contributed by atoms with Crippen molar-refractivity contribution in [3.8, 4) is 0 Å². The van der Waals surface area contributed by atoms with Gasteiger partial charge in [-0.1, -0.05) is 36.4 Å². The lowest BCUT2D eigenvalue weighted by Gasteiger charge is -2.47. The fourth-order valence-electron chi connectivity index (χ4n) is 6.12. The average Bonchev–Trinajstić information content (AvgIpc) is 3.29. The van der Waals surface area contributed by atoms with Crippen LogP contribution in [0.15, 0.2) is 60.8 Å². The first-order valence-corrected chi connectivity index (χ1v) is 12.8. The van der Waals surface area contributed by atoms with E-state index < -0.39 is 0 Å². The third kappa shape index (κ3) is 4.25. The van der Waals surface area contributed by atoms with Gasteiger partial charge in [0.25, 0.3) is 5.91 Å². The molecule has 35 heavy (non-hydrogen) atoms. The summed E-state index contributed by atoms with van der Waals surface area (Å²) in [6, 6.07) is 18.6. The molecule has 2 aromatic carbocycles. The van der Waals surface area contributed by atoms with Crippen LogP contribution in [-0.2, 0) is 17.4 Å². The van der Waals surface area contributed by atoms with Gasteiger partial charge >= 0.3 is 0 Å². The number of aromatic nitrogens is 1. The van der Waals surface area contributed by atoms with E-state index in [4.69, 9.17) is 0 Å². The van der Waals surface area contributed by atoms with E-state index in [2.05, 4.69) is 49.3 Å². The second-order valence-electron chi connectivity index (χ2n) is 10.4. The van der Waals surface area contributed by atoms with Gasteiger partial charge in [-0.15, -0.1) is 0 Å². The zero-order valence-corrected chi connectivity index (χ0v) is 21.1. The van der Waals surface area contributed by atoms with Crippen LogP contribution >= 0.6 is 0 Å². The summed E-state index contributed by atoms with van der Waals surface area (Å²) in [5.41, 5.74) is 3.06. The molecule has 1 aromatic heterocycles. The number of likely N-dealkylation sites (tertiary alicyclic amines) is 2. The van der Waals surface area contributed by atoms with Gasteiger partial charge in [0, 0.05) is 61.4 Å². The largest absolute Gasteiger partial charge is 0.351 e. The number of nitrogens with zero attached hydrogens (tertiary/aromatic N) is 4. The van der Waals surface area contributed by atoms with Crippen LogP contribution in [0.1, 0.15) is 41.6 Å². The minimum absolute atomic E-state index is 0.0358. The Balaban J connectivity index is 1.27. The maximum Gasteiger partial charge on any atom is 0.254 e. The molecule has 2 saturated heterocycles. The molecule has 3 heterocycles. The molecule has 6 heteroatoms. The number of amides is 2. The smallest absolute Gasteiger partial charge is 0.254 e. The zero-order chi connectivity index (χ0) is 24.6. The minimum atomic E-state index is -0.119. The van der Waals surface area contributed by atoms with Gasteiger partial charge in [0.2, 0.25) is 5.91 Å². The molecule has 0 saturated carbocycles. The highest BCUT2D eigenvalue weighted by Crippen LogP contribution is 2.38. The molecule has 2 amide bonds. The van der Waals surface area contributed by atoms with Gasteiger partial charge in [-0.3, -0.25) is 14.5 Å². The molecule has 0 spiro atoms. The number of rotatable bonds is 4. The first kappa shape index (κ1) is 23.6. The zero-order valence-electron chi connectivity index (χ0n) is 21.1. The summed E-state index contributed by atoms with van der Waals surface area (Å²) < 4.78 is 2.04. The molecule has 3 aromatic rings. The van der Waals surface area contributed by atoms with Gasteiger partial charge in [0.15, 0.2) is 0 Å². The summed E-state index contributed by atoms with van der Waals surface area (Å²) >= 11 is 0. The monoisotopic (exact) mass is 472 g/mol. The molecular formula is C29H36N4O2. The third-order valence-electron chi connectivity index (χ3n) is 8.29. The van der Waals surface area contributed by atoms with Crippen LogP contribution in [0.2, 0.25) is 0 Å². The van der Waals surface area contributed by atoms with Crippen LogP contribution in [0.4, 0.5) is 0 Å². The summed E-state index contributed by atoms with van der Waals surface area (Å²) in [5, 5.41) is 0.977. The molecule has 184 valence electrons. The Kier molecular flexibility index (Phi) is 6.41. The van der Waals surface area contributed by atoms with Crippen molar-refractivity contribution in [2.75, 3.05) is 40.3 Å². The van der Waals surface area contributed by atoms with Crippen LogP contribution in [-0.4, -0.2) is 71.4 Å². The van der Waals surface area contributed by atoms with Gasteiger partial charge < -0.3 is 14.4 Å². The number of carbonyl (C=O) groups is 2. The van der Waals surface area contributed by atoms with E-state index in [-0.39, 0.29) is 23.3 Å². The maximum atomic E-state index is 13.6. The van der Waals surface area contributed by atoms with E-state index in [0.717, 1.165) is 55.2 Å². The standard InChI is InChI=1S/C29H36N4O2/c1-30(2)29(23-10-5-4-6-11-23)15-19-32(20-16-29)27(34)22-9-8-17-33(21-22)28(35)25-12-7-13-26-24(25)14-18-31(26)3/h4-7,10-14,18,22H,8-9,15-17,19-21H2,1-3H3. The number of carbonyl (C=O) groups excluding carboxylic acids is 2. The Morgan fingerprint density at radius 1 is 0.914 bits per heavy atom. The van der Waals surface area contributed by atoms with E-state index in [1.807, 2.05) is 51.9 Å². The highest BCUT2D eigenvalue weighted by atomic mass is 16.2. The van der Waals surface area contributed by atoms with Crippen molar-refractivity contribution in [2.45, 2.75) is 31.2 Å². The molecule has 5 rings (SSSR count). The topological polar surface area (TPSA) is 48.8 Å². The van der Waals surface area contributed by atoms with Crippen molar-refractivity contribution in [3.63, 3.8) is 0 Å². The summed E-state index contributed by atoms with van der Waals surface area (Å²) in [5.74, 6) is 0.126. The Bertz CT molecular complexity index is 1210. The first-order valence-electron chi connectivity index (χ1n) is 12.8. The molecule has 2 fully saturated rings. The second kappa shape index (κ2) is 9.50. The van der Waals surface area contributed by atoms with Crippen LogP contribution in [0.5, 0.6) is 0 Å². The highest BCUT2D eigenvalue weighted by molar-refractivity contribution is 6.06. The Labute approximate surface area is 208 Å². The van der Waals surface area contributed by atoms with Crippen molar-refractivity contribution in [2.24, 2.45) is 13.0 Å². The predicted octanol–water partition coefficient (Wildman–Crippen LogP) is 4.11. The van der Waals surface area contributed by atoms with E-state index in [0.29, 0.717) is 13.1 Å². The number of aryl methyl sites for hydroxylation is 1. The quantitative estimate of drug-likeness (QED) is 0.574. The van der Waals surface area contributed by atoms with Crippen LogP contribution in [0.3, 0.4) is 0 Å². The van der Waals surface area contributed by atoms with Crippen LogP contribution in [0, 0.1) is 5.92 Å². The summed E-state index contributed by atoms with van der Waals surface area (Å²) in [6.07, 6.45) is 5.55. The van der Waals surface area contributed by atoms with Crippen molar-refractivity contribution in [1.29, 1.82) is 0 Å². The molecular weight excluding hydrogens is 436 g/mol. The fraction of sp³-hybridized carbons (Fsp3) is 0.448. The molecule has 1 unspecified atom stereocenters. The summed E-state index contributed by atoms with van der Waals surface area (Å²) in [4.78, 5) is 33.3. The average molecular weight is 473 g/mol. The van der Waals surface area contributed by atoms with E-state index in [1.165, 1.54) is 5.56 Å². The number of fused-ring (bicyclic) bond motifs is 1. The van der Waals surface area contributed by atoms with E-state index in [1.54, 1.807) is 0 Å². The number of hydrogen-bond acceptors (Lipinski definition) is 3. The Morgan fingerprint density at radius 2 is 1.66 bits per heavy atom. The van der Waals surface area contributed by atoms with Gasteiger partial charge in [-0.25, -0.2) is 0 Å². The van der Waals surface area contributed by atoms with E-state index >= 15 is 0 Å². The maximum absolute atomic E-state index is 13.6. The summed E-state index contributed by atoms with van der Waals surface area (Å²) in [7, 11) is 6.28. The lowest BCUT2D eigenvalue weighted by atomic mass is 9.79. The Hall–Kier alpha value is -3.12. The molecule has 2 aliphatic heterocycles. The molecule has 2 aliphatic rings. The van der Waals surface area contributed by atoms with Crippen LogP contribution in [0.25, 0.3) is 10.9 Å². The van der Waals surface area contributed by atoms with Gasteiger partial charge in [-0.2, -0.15) is 0 Å². The van der Waals surface area contributed by atoms with Gasteiger partial charge in [0.1, 0.15) is 0 Å². The molecule has 0 aliphatic carbocycles. The number of hydrogen-bond donors (Lipinski definition) is 0. The number of benzene rings is 2. The fourth-order valence-corrected chi connectivity index (χ4v) is 6.12. The minimum Gasteiger partial charge on any atom is -0.351 e. The number of piperidine rings is 2. The van der Waals surface area contributed by atoms with Crippen molar-refractivity contribution >= 4 is 22.7 Å². The van der Waals surface area contributed by atoms with Gasteiger partial charge in [0.05, 0.1) is 5.92 Å². The predicted molar refractivity (Wildman–Crippen MR) is 139 cm³/mol. The molecule has 0 bridgehead atoms. The second-order valence-corrected chi connectivity index (χ2v) is 10.4. The van der Waals surface area contributed by atoms with Crippen molar-refractivity contribution in [1.82, 2.24) is 19.3 Å². The molecule has 0 N–H and O–H groups in total. The molecule has 1 atom stereocenters. The SMILES string of the molecule is CN(C)C1(c2ccccc2)CCN(C(=O)C2CCCN(C(=O)c3cccc4c3ccn4C)C2)CC1. The summed E-state index contributed by atoms with van der Waals surface area (Å²) in [6.45, 7) is 2.72. The van der Waals surface area contributed by atoms with Gasteiger partial charge in [-0.05, 0) is 63.5 Å². The molecule has 6 nitrogen and oxygen atoms in total. The molecule has 0 radical (unpaired) electrons. The lowest BCUT2D eigenvalue weighted by molar-refractivity contribution is -0.139. The first-order chi connectivity index (χ1) is 16.9. The normalized spacial score (nSPS) is 20.4.